The van der Waals surface area contributed by atoms with Gasteiger partial charge in [0.1, 0.15) is 0 Å². The highest BCUT2D eigenvalue weighted by Gasteiger charge is 2.16. The fourth-order valence-corrected chi connectivity index (χ4v) is 3.96. The molecule has 9 heteroatoms. The van der Waals surface area contributed by atoms with Gasteiger partial charge in [-0.2, -0.15) is 0 Å². The van der Waals surface area contributed by atoms with Crippen LogP contribution < -0.4 is 24.8 Å². The number of thiazole rings is 1. The fourth-order valence-electron chi connectivity index (χ4n) is 3.04. The Hall–Kier alpha value is -3.85. The van der Waals surface area contributed by atoms with Crippen LogP contribution in [0.3, 0.4) is 0 Å². The van der Waals surface area contributed by atoms with Crippen LogP contribution in [0.2, 0.25) is 0 Å². The summed E-state index contributed by atoms with van der Waals surface area (Å²) in [6, 6.07) is 12.5. The summed E-state index contributed by atoms with van der Waals surface area (Å²) in [6.45, 7) is 0. The van der Waals surface area contributed by atoms with E-state index in [-0.39, 0.29) is 5.91 Å². The third kappa shape index (κ3) is 4.36. The minimum atomic E-state index is -0.258. The van der Waals surface area contributed by atoms with Crippen molar-refractivity contribution < 1.29 is 19.0 Å². The van der Waals surface area contributed by atoms with Gasteiger partial charge in [-0.25, -0.2) is 4.98 Å². The molecule has 0 aliphatic carbocycles. The molecule has 2 N–H and O–H groups in total. The first-order valence-corrected chi connectivity index (χ1v) is 10.1. The topological polar surface area (TPSA) is 94.6 Å². The molecule has 1 amide bonds. The van der Waals surface area contributed by atoms with Gasteiger partial charge in [0.15, 0.2) is 16.6 Å². The lowest BCUT2D eigenvalue weighted by Gasteiger charge is -2.14. The molecule has 0 saturated carbocycles. The number of nitrogens with one attached hydrogen (secondary N) is 2. The molecule has 0 saturated heterocycles. The van der Waals surface area contributed by atoms with E-state index in [2.05, 4.69) is 20.6 Å². The molecule has 4 aromatic rings. The van der Waals surface area contributed by atoms with Gasteiger partial charge in [0, 0.05) is 29.6 Å². The average Bonchev–Trinajstić information content (AvgIpc) is 3.20. The van der Waals surface area contributed by atoms with Gasteiger partial charge in [0.2, 0.25) is 5.75 Å². The number of hydrogen-bond donors (Lipinski definition) is 2. The van der Waals surface area contributed by atoms with Gasteiger partial charge >= 0.3 is 0 Å². The van der Waals surface area contributed by atoms with Crippen molar-refractivity contribution in [1.29, 1.82) is 0 Å². The number of carbonyl (C=O) groups excluding carboxylic acids is 1. The Morgan fingerprint density at radius 3 is 2.39 bits per heavy atom. The molecule has 0 aliphatic rings. The minimum absolute atomic E-state index is 0.258. The normalized spacial score (nSPS) is 10.5. The molecule has 0 radical (unpaired) electrons. The highest BCUT2D eigenvalue weighted by Crippen LogP contribution is 2.40. The highest BCUT2D eigenvalue weighted by molar-refractivity contribution is 7.22. The number of amides is 1. The fraction of sp³-hybridized carbons (Fsp3) is 0.136. The molecule has 0 unspecified atom stereocenters. The van der Waals surface area contributed by atoms with E-state index < -0.39 is 0 Å². The van der Waals surface area contributed by atoms with Crippen LogP contribution in [-0.2, 0) is 0 Å². The van der Waals surface area contributed by atoms with Crippen molar-refractivity contribution in [3.63, 3.8) is 0 Å². The number of hydrogen-bond acceptors (Lipinski definition) is 8. The summed E-state index contributed by atoms with van der Waals surface area (Å²) >= 11 is 1.46. The third-order valence-corrected chi connectivity index (χ3v) is 5.42. The Morgan fingerprint density at radius 2 is 1.74 bits per heavy atom. The second-order valence-corrected chi connectivity index (χ2v) is 7.47. The first-order valence-electron chi connectivity index (χ1n) is 9.30. The van der Waals surface area contributed by atoms with Crippen molar-refractivity contribution in [3.05, 3.63) is 60.4 Å². The predicted octanol–water partition coefficient (Wildman–Crippen LogP) is 4.71. The summed E-state index contributed by atoms with van der Waals surface area (Å²) in [5.74, 6) is 1.12. The number of methoxy groups -OCH3 is 3. The van der Waals surface area contributed by atoms with Crippen LogP contribution in [0, 0.1) is 0 Å². The number of ether oxygens (including phenoxy) is 3. The first-order chi connectivity index (χ1) is 15.1. The summed E-state index contributed by atoms with van der Waals surface area (Å²) < 4.78 is 16.9. The SMILES string of the molecule is COc1cc(NC(=O)c2ccc3nc(Nc4cccnc4)sc3c2)cc(OC)c1OC. The van der Waals surface area contributed by atoms with E-state index in [9.17, 15) is 4.79 Å². The van der Waals surface area contributed by atoms with Crippen LogP contribution in [0.4, 0.5) is 16.5 Å². The average molecular weight is 436 g/mol. The van der Waals surface area contributed by atoms with Crippen LogP contribution >= 0.6 is 11.3 Å². The summed E-state index contributed by atoms with van der Waals surface area (Å²) in [5, 5.41) is 6.83. The van der Waals surface area contributed by atoms with Crippen molar-refractivity contribution in [2.75, 3.05) is 32.0 Å². The van der Waals surface area contributed by atoms with E-state index in [0.717, 1.165) is 21.0 Å². The van der Waals surface area contributed by atoms with Gasteiger partial charge in [-0.3, -0.25) is 9.78 Å². The minimum Gasteiger partial charge on any atom is -0.493 e. The zero-order valence-electron chi connectivity index (χ0n) is 17.1. The molecule has 2 aromatic carbocycles. The Bertz CT molecular complexity index is 1200. The summed E-state index contributed by atoms with van der Waals surface area (Å²) in [5.41, 5.74) is 2.70. The van der Waals surface area contributed by atoms with E-state index >= 15 is 0 Å². The van der Waals surface area contributed by atoms with Crippen LogP contribution in [0.15, 0.2) is 54.9 Å². The number of pyridine rings is 1. The second kappa shape index (κ2) is 8.88. The maximum atomic E-state index is 12.8. The Balaban J connectivity index is 1.56. The van der Waals surface area contributed by atoms with Crippen LogP contribution in [-0.4, -0.2) is 37.2 Å². The van der Waals surface area contributed by atoms with E-state index in [1.165, 1.54) is 32.7 Å². The molecular formula is C22H20N4O4S. The molecule has 0 bridgehead atoms. The quantitative estimate of drug-likeness (QED) is 0.433. The smallest absolute Gasteiger partial charge is 0.255 e. The van der Waals surface area contributed by atoms with Gasteiger partial charge in [-0.05, 0) is 30.3 Å². The molecule has 2 aromatic heterocycles. The van der Waals surface area contributed by atoms with Crippen LogP contribution in [0.5, 0.6) is 17.2 Å². The van der Waals surface area contributed by atoms with E-state index in [4.69, 9.17) is 14.2 Å². The molecule has 0 atom stereocenters. The van der Waals surface area contributed by atoms with E-state index in [1.54, 1.807) is 30.6 Å². The number of benzene rings is 2. The molecular weight excluding hydrogens is 416 g/mol. The lowest BCUT2D eigenvalue weighted by molar-refractivity contribution is 0.102. The summed E-state index contributed by atoms with van der Waals surface area (Å²) in [6.07, 6.45) is 3.44. The lowest BCUT2D eigenvalue weighted by atomic mass is 10.2. The number of fused-ring (bicyclic) bond motifs is 1. The zero-order valence-corrected chi connectivity index (χ0v) is 17.9. The molecule has 2 heterocycles. The molecule has 0 fully saturated rings. The second-order valence-electron chi connectivity index (χ2n) is 6.44. The van der Waals surface area contributed by atoms with Crippen molar-refractivity contribution in [3.8, 4) is 17.2 Å². The van der Waals surface area contributed by atoms with Crippen molar-refractivity contribution >= 4 is 44.0 Å². The lowest BCUT2D eigenvalue weighted by Crippen LogP contribution is -2.12. The maximum Gasteiger partial charge on any atom is 0.255 e. The van der Waals surface area contributed by atoms with Gasteiger partial charge in [0.05, 0.1) is 43.4 Å². The highest BCUT2D eigenvalue weighted by atomic mass is 32.1. The molecule has 8 nitrogen and oxygen atoms in total. The van der Waals surface area contributed by atoms with E-state index in [1.807, 2.05) is 24.3 Å². The van der Waals surface area contributed by atoms with Gasteiger partial charge in [-0.1, -0.05) is 11.3 Å². The largest absolute Gasteiger partial charge is 0.493 e. The molecule has 31 heavy (non-hydrogen) atoms. The Morgan fingerprint density at radius 1 is 0.968 bits per heavy atom. The van der Waals surface area contributed by atoms with Crippen LogP contribution in [0.1, 0.15) is 10.4 Å². The molecule has 0 spiro atoms. The number of rotatable bonds is 7. The van der Waals surface area contributed by atoms with Gasteiger partial charge in [0.25, 0.3) is 5.91 Å². The third-order valence-electron chi connectivity index (χ3n) is 4.49. The number of nitrogens with zero attached hydrogens (tertiary/aromatic N) is 2. The number of aromatic nitrogens is 2. The van der Waals surface area contributed by atoms with E-state index in [0.29, 0.717) is 28.5 Å². The Labute approximate surface area is 182 Å². The van der Waals surface area contributed by atoms with Crippen molar-refractivity contribution in [2.24, 2.45) is 0 Å². The van der Waals surface area contributed by atoms with Crippen molar-refractivity contribution in [2.45, 2.75) is 0 Å². The Kier molecular flexibility index (Phi) is 5.85. The monoisotopic (exact) mass is 436 g/mol. The molecule has 158 valence electrons. The standard InChI is InChI=1S/C22H20N4O4S/c1-28-17-10-15(11-18(29-2)20(17)30-3)24-21(27)13-6-7-16-19(9-13)31-22(26-16)25-14-5-4-8-23-12-14/h4-12H,1-3H3,(H,24,27)(H,25,26). The number of anilines is 3. The maximum absolute atomic E-state index is 12.8. The summed E-state index contributed by atoms with van der Waals surface area (Å²) in [7, 11) is 4.58. The predicted molar refractivity (Wildman–Crippen MR) is 121 cm³/mol. The van der Waals surface area contributed by atoms with Crippen LogP contribution in [0.25, 0.3) is 10.2 Å². The molecule has 4 rings (SSSR count). The zero-order chi connectivity index (χ0) is 21.8. The molecule has 0 aliphatic heterocycles. The van der Waals surface area contributed by atoms with Gasteiger partial charge < -0.3 is 24.8 Å². The number of carbonyl (C=O) groups is 1. The van der Waals surface area contributed by atoms with Gasteiger partial charge in [-0.15, -0.1) is 0 Å². The first kappa shape index (κ1) is 20.4. The van der Waals surface area contributed by atoms with Crippen molar-refractivity contribution in [1.82, 2.24) is 9.97 Å². The summed E-state index contributed by atoms with van der Waals surface area (Å²) in [4.78, 5) is 21.5.